The van der Waals surface area contributed by atoms with E-state index in [0.29, 0.717) is 12.6 Å². The number of nitrogens with zero attached hydrogens (tertiary/aromatic N) is 2. The minimum Gasteiger partial charge on any atom is -0.323 e. The van der Waals surface area contributed by atoms with E-state index in [4.69, 9.17) is 0 Å². The first kappa shape index (κ1) is 15.8. The van der Waals surface area contributed by atoms with Crippen LogP contribution in [0.2, 0.25) is 0 Å². The fourth-order valence-electron chi connectivity index (χ4n) is 2.99. The summed E-state index contributed by atoms with van der Waals surface area (Å²) in [5.74, 6) is 0. The Bertz CT molecular complexity index is 475. The molecular formula is C17H27N3O. The van der Waals surface area contributed by atoms with Crippen molar-refractivity contribution in [1.82, 2.24) is 10.2 Å². The van der Waals surface area contributed by atoms with Gasteiger partial charge in [0.25, 0.3) is 0 Å². The first-order valence-corrected chi connectivity index (χ1v) is 8.01. The molecule has 1 heterocycles. The maximum atomic E-state index is 12.4. The molecule has 0 spiro atoms. The molecule has 1 unspecified atom stereocenters. The summed E-state index contributed by atoms with van der Waals surface area (Å²) in [6.45, 7) is 6.86. The molecule has 2 rings (SSSR count). The van der Waals surface area contributed by atoms with Crippen LogP contribution in [-0.2, 0) is 6.54 Å². The molecule has 1 aliphatic heterocycles. The lowest BCUT2D eigenvalue weighted by atomic mass is 10.1. The van der Waals surface area contributed by atoms with Gasteiger partial charge in [0, 0.05) is 26.2 Å². The van der Waals surface area contributed by atoms with Crippen LogP contribution in [0.3, 0.4) is 0 Å². The van der Waals surface area contributed by atoms with Gasteiger partial charge in [-0.15, -0.1) is 0 Å². The summed E-state index contributed by atoms with van der Waals surface area (Å²) >= 11 is 0. The molecule has 0 aromatic heterocycles. The molecule has 4 heteroatoms. The number of fused-ring (bicyclic) bond motifs is 1. The van der Waals surface area contributed by atoms with E-state index in [-0.39, 0.29) is 6.03 Å². The summed E-state index contributed by atoms with van der Waals surface area (Å²) in [6.07, 6.45) is 3.28. The lowest BCUT2D eigenvalue weighted by Gasteiger charge is -2.35. The number of hydrogen-bond donors (Lipinski definition) is 1. The number of rotatable bonds is 7. The van der Waals surface area contributed by atoms with Crippen molar-refractivity contribution in [3.8, 4) is 0 Å². The topological polar surface area (TPSA) is 35.6 Å². The van der Waals surface area contributed by atoms with Gasteiger partial charge in [-0.25, -0.2) is 4.79 Å². The predicted molar refractivity (Wildman–Crippen MR) is 87.6 cm³/mol. The standard InChI is InChI=1S/C17H27N3O/c1-4-15(18-5-2)10-8-12-20-16-11-7-6-9-14(16)13-19(3)17(20)21/h6-7,9,11,15,18H,4-5,8,10,12-13H2,1-3H3. The molecule has 1 aliphatic rings. The third-order valence-corrected chi connectivity index (χ3v) is 4.17. The number of benzene rings is 1. The van der Waals surface area contributed by atoms with Gasteiger partial charge in [-0.1, -0.05) is 32.0 Å². The molecule has 21 heavy (non-hydrogen) atoms. The summed E-state index contributed by atoms with van der Waals surface area (Å²) in [5, 5.41) is 3.50. The lowest BCUT2D eigenvalue weighted by Crippen LogP contribution is -2.45. The average molecular weight is 289 g/mol. The molecule has 0 bridgehead atoms. The van der Waals surface area contributed by atoms with E-state index in [1.807, 2.05) is 24.1 Å². The van der Waals surface area contributed by atoms with Gasteiger partial charge in [0.15, 0.2) is 0 Å². The van der Waals surface area contributed by atoms with Gasteiger partial charge >= 0.3 is 6.03 Å². The molecule has 0 aliphatic carbocycles. The van der Waals surface area contributed by atoms with Crippen molar-refractivity contribution in [2.75, 3.05) is 25.0 Å². The normalized spacial score (nSPS) is 16.0. The Labute approximate surface area is 128 Å². The fraction of sp³-hybridized carbons (Fsp3) is 0.588. The minimum absolute atomic E-state index is 0.116. The molecule has 1 aromatic rings. The van der Waals surface area contributed by atoms with E-state index in [1.165, 1.54) is 5.56 Å². The largest absolute Gasteiger partial charge is 0.324 e. The third kappa shape index (κ3) is 3.76. The van der Waals surface area contributed by atoms with Gasteiger partial charge in [0.1, 0.15) is 0 Å². The summed E-state index contributed by atoms with van der Waals surface area (Å²) < 4.78 is 0. The Balaban J connectivity index is 2.00. The van der Waals surface area contributed by atoms with Gasteiger partial charge in [-0.05, 0) is 37.4 Å². The number of hydrogen-bond acceptors (Lipinski definition) is 2. The average Bonchev–Trinajstić information content (AvgIpc) is 2.50. The second-order valence-electron chi connectivity index (χ2n) is 5.72. The first-order chi connectivity index (χ1) is 10.2. The Hall–Kier alpha value is -1.55. The highest BCUT2D eigenvalue weighted by molar-refractivity contribution is 5.94. The van der Waals surface area contributed by atoms with Crippen molar-refractivity contribution >= 4 is 11.7 Å². The van der Waals surface area contributed by atoms with Crippen LogP contribution in [0.25, 0.3) is 0 Å². The highest BCUT2D eigenvalue weighted by Crippen LogP contribution is 2.27. The zero-order valence-corrected chi connectivity index (χ0v) is 13.4. The first-order valence-electron chi connectivity index (χ1n) is 8.01. The minimum atomic E-state index is 0.116. The van der Waals surface area contributed by atoms with Crippen LogP contribution < -0.4 is 10.2 Å². The van der Waals surface area contributed by atoms with E-state index < -0.39 is 0 Å². The van der Waals surface area contributed by atoms with Gasteiger partial charge in [-0.2, -0.15) is 0 Å². The number of para-hydroxylation sites is 1. The maximum absolute atomic E-state index is 12.4. The highest BCUT2D eigenvalue weighted by atomic mass is 16.2. The van der Waals surface area contributed by atoms with Gasteiger partial charge in [0.2, 0.25) is 0 Å². The molecule has 1 atom stereocenters. The predicted octanol–water partition coefficient (Wildman–Crippen LogP) is 3.23. The molecule has 0 fully saturated rings. The monoisotopic (exact) mass is 289 g/mol. The summed E-state index contributed by atoms with van der Waals surface area (Å²) in [5.41, 5.74) is 2.32. The van der Waals surface area contributed by atoms with Crippen LogP contribution in [0.5, 0.6) is 0 Å². The maximum Gasteiger partial charge on any atom is 0.324 e. The quantitative estimate of drug-likeness (QED) is 0.836. The Kier molecular flexibility index (Phi) is 5.62. The van der Waals surface area contributed by atoms with Gasteiger partial charge in [-0.3, -0.25) is 4.90 Å². The van der Waals surface area contributed by atoms with Crippen LogP contribution in [-0.4, -0.2) is 37.1 Å². The number of carbonyl (C=O) groups excluding carboxylic acids is 1. The highest BCUT2D eigenvalue weighted by Gasteiger charge is 2.27. The Morgan fingerprint density at radius 2 is 2.05 bits per heavy atom. The number of amides is 2. The van der Waals surface area contributed by atoms with E-state index in [2.05, 4.69) is 31.3 Å². The van der Waals surface area contributed by atoms with Crippen molar-refractivity contribution in [1.29, 1.82) is 0 Å². The van der Waals surface area contributed by atoms with E-state index in [1.54, 1.807) is 4.90 Å². The molecule has 0 radical (unpaired) electrons. The van der Waals surface area contributed by atoms with Crippen molar-refractivity contribution in [3.63, 3.8) is 0 Å². The van der Waals surface area contributed by atoms with E-state index in [0.717, 1.165) is 38.0 Å². The summed E-state index contributed by atoms with van der Waals surface area (Å²) in [4.78, 5) is 16.1. The van der Waals surface area contributed by atoms with Crippen molar-refractivity contribution < 1.29 is 4.79 Å². The molecule has 2 amide bonds. The molecule has 0 saturated heterocycles. The fourth-order valence-corrected chi connectivity index (χ4v) is 2.99. The Morgan fingerprint density at radius 3 is 2.76 bits per heavy atom. The van der Waals surface area contributed by atoms with Crippen molar-refractivity contribution in [2.24, 2.45) is 0 Å². The molecule has 4 nitrogen and oxygen atoms in total. The number of urea groups is 1. The second-order valence-corrected chi connectivity index (χ2v) is 5.72. The van der Waals surface area contributed by atoms with Crippen LogP contribution in [0.1, 0.15) is 38.7 Å². The summed E-state index contributed by atoms with van der Waals surface area (Å²) in [6, 6.07) is 8.89. The lowest BCUT2D eigenvalue weighted by molar-refractivity contribution is 0.210. The number of anilines is 1. The zero-order valence-electron chi connectivity index (χ0n) is 13.4. The van der Waals surface area contributed by atoms with Crippen LogP contribution in [0, 0.1) is 0 Å². The number of nitrogens with one attached hydrogen (secondary N) is 1. The molecule has 1 aromatic carbocycles. The van der Waals surface area contributed by atoms with Gasteiger partial charge in [0.05, 0.1) is 5.69 Å². The van der Waals surface area contributed by atoms with Crippen LogP contribution in [0.15, 0.2) is 24.3 Å². The number of carbonyl (C=O) groups is 1. The van der Waals surface area contributed by atoms with E-state index in [9.17, 15) is 4.79 Å². The van der Waals surface area contributed by atoms with E-state index >= 15 is 0 Å². The van der Waals surface area contributed by atoms with Crippen molar-refractivity contribution in [2.45, 2.75) is 45.7 Å². The molecule has 116 valence electrons. The van der Waals surface area contributed by atoms with Crippen LogP contribution >= 0.6 is 0 Å². The van der Waals surface area contributed by atoms with Gasteiger partial charge < -0.3 is 10.2 Å². The summed E-state index contributed by atoms with van der Waals surface area (Å²) in [7, 11) is 1.87. The molecular weight excluding hydrogens is 262 g/mol. The smallest absolute Gasteiger partial charge is 0.323 e. The molecule has 0 saturated carbocycles. The van der Waals surface area contributed by atoms with Crippen LogP contribution in [0.4, 0.5) is 10.5 Å². The Morgan fingerprint density at radius 1 is 1.29 bits per heavy atom. The molecule has 1 N–H and O–H groups in total. The van der Waals surface area contributed by atoms with Crippen molar-refractivity contribution in [3.05, 3.63) is 29.8 Å². The SMILES string of the molecule is CCNC(CC)CCCN1C(=O)N(C)Cc2ccccc21. The third-order valence-electron chi connectivity index (χ3n) is 4.17. The zero-order chi connectivity index (χ0) is 15.2. The second kappa shape index (κ2) is 7.46.